The Balaban J connectivity index is 1.38. The summed E-state index contributed by atoms with van der Waals surface area (Å²) in [5.74, 6) is -0.764. The molecular weight excluding hydrogens is 434 g/mol. The number of aromatic nitrogens is 3. The number of nitrogens with one attached hydrogen (secondary N) is 2. The van der Waals surface area contributed by atoms with Gasteiger partial charge in [0.05, 0.1) is 5.69 Å². The number of thiazole rings is 1. The molecule has 2 heterocycles. The van der Waals surface area contributed by atoms with Crippen molar-refractivity contribution in [1.29, 1.82) is 0 Å². The molecule has 0 saturated heterocycles. The van der Waals surface area contributed by atoms with Crippen LogP contribution in [0.1, 0.15) is 16.8 Å². The SMILES string of the molecule is Cc1ccccc1-c1nc2scc(CCNC(=O)C(=O)Nc3cccc(Cl)c3C)n2n1. The molecule has 0 aliphatic heterocycles. The van der Waals surface area contributed by atoms with Crippen molar-refractivity contribution < 1.29 is 9.59 Å². The molecule has 158 valence electrons. The molecule has 0 fully saturated rings. The Hall–Kier alpha value is -3.23. The third-order valence-electron chi connectivity index (χ3n) is 4.92. The number of carbonyl (C=O) groups excluding carboxylic acids is 2. The molecule has 2 aromatic heterocycles. The number of hydrogen-bond acceptors (Lipinski definition) is 5. The van der Waals surface area contributed by atoms with E-state index in [2.05, 4.69) is 20.7 Å². The summed E-state index contributed by atoms with van der Waals surface area (Å²) in [6, 6.07) is 13.1. The van der Waals surface area contributed by atoms with E-state index in [0.717, 1.165) is 21.8 Å². The molecule has 2 N–H and O–H groups in total. The first kappa shape index (κ1) is 21.0. The zero-order valence-corrected chi connectivity index (χ0v) is 18.5. The van der Waals surface area contributed by atoms with Gasteiger partial charge in [0.15, 0.2) is 5.82 Å². The number of fused-ring (bicyclic) bond motifs is 1. The molecule has 4 rings (SSSR count). The van der Waals surface area contributed by atoms with Crippen molar-refractivity contribution in [3.05, 3.63) is 69.7 Å². The lowest BCUT2D eigenvalue weighted by atomic mass is 10.1. The van der Waals surface area contributed by atoms with Gasteiger partial charge in [0.2, 0.25) is 4.96 Å². The van der Waals surface area contributed by atoms with E-state index in [-0.39, 0.29) is 0 Å². The molecule has 0 saturated carbocycles. The lowest BCUT2D eigenvalue weighted by Crippen LogP contribution is -2.36. The Labute approximate surface area is 188 Å². The minimum absolute atomic E-state index is 0.298. The molecule has 2 aromatic carbocycles. The number of amides is 2. The number of aryl methyl sites for hydroxylation is 1. The first-order valence-corrected chi connectivity index (χ1v) is 10.9. The lowest BCUT2D eigenvalue weighted by Gasteiger charge is -2.09. The van der Waals surface area contributed by atoms with Gasteiger partial charge < -0.3 is 10.6 Å². The van der Waals surface area contributed by atoms with E-state index in [0.29, 0.717) is 35.1 Å². The topological polar surface area (TPSA) is 88.4 Å². The van der Waals surface area contributed by atoms with E-state index in [1.165, 1.54) is 11.3 Å². The zero-order chi connectivity index (χ0) is 22.0. The monoisotopic (exact) mass is 453 g/mol. The van der Waals surface area contributed by atoms with Gasteiger partial charge in [0.1, 0.15) is 0 Å². The number of anilines is 1. The standard InChI is InChI=1S/C22H20ClN5O2S/c1-13-6-3-4-7-16(13)19-26-22-28(27-19)15(12-31-22)10-11-24-20(29)21(30)25-18-9-5-8-17(23)14(18)2/h3-9,12H,10-11H2,1-2H3,(H,24,29)(H,25,30). The van der Waals surface area contributed by atoms with Crippen molar-refractivity contribution in [1.82, 2.24) is 19.9 Å². The predicted octanol–water partition coefficient (Wildman–Crippen LogP) is 4.03. The number of halogens is 1. The highest BCUT2D eigenvalue weighted by Gasteiger charge is 2.16. The Kier molecular flexibility index (Phi) is 6.01. The summed E-state index contributed by atoms with van der Waals surface area (Å²) in [6.45, 7) is 4.10. The molecule has 9 heteroatoms. The summed E-state index contributed by atoms with van der Waals surface area (Å²) >= 11 is 7.54. The fourth-order valence-electron chi connectivity index (χ4n) is 3.14. The molecule has 0 spiro atoms. The van der Waals surface area contributed by atoms with E-state index in [9.17, 15) is 9.59 Å². The van der Waals surface area contributed by atoms with Crippen molar-refractivity contribution in [3.63, 3.8) is 0 Å². The number of hydrogen-bond donors (Lipinski definition) is 2. The number of carbonyl (C=O) groups is 2. The van der Waals surface area contributed by atoms with Gasteiger partial charge in [-0.3, -0.25) is 9.59 Å². The summed E-state index contributed by atoms with van der Waals surface area (Å²) in [7, 11) is 0. The van der Waals surface area contributed by atoms with Crippen molar-refractivity contribution in [2.45, 2.75) is 20.3 Å². The summed E-state index contributed by atoms with van der Waals surface area (Å²) in [5, 5.41) is 12.3. The quantitative estimate of drug-likeness (QED) is 0.446. The summed E-state index contributed by atoms with van der Waals surface area (Å²) in [6.07, 6.45) is 0.520. The maximum Gasteiger partial charge on any atom is 0.313 e. The second-order valence-electron chi connectivity index (χ2n) is 7.04. The molecule has 0 radical (unpaired) electrons. The summed E-state index contributed by atoms with van der Waals surface area (Å²) < 4.78 is 1.79. The molecule has 0 atom stereocenters. The Morgan fingerprint density at radius 3 is 2.71 bits per heavy atom. The van der Waals surface area contributed by atoms with Gasteiger partial charge in [-0.05, 0) is 37.1 Å². The van der Waals surface area contributed by atoms with Crippen LogP contribution in [0.15, 0.2) is 47.8 Å². The van der Waals surface area contributed by atoms with E-state index >= 15 is 0 Å². The Bertz CT molecular complexity index is 1280. The summed E-state index contributed by atoms with van der Waals surface area (Å²) in [5.41, 5.74) is 4.24. The minimum Gasteiger partial charge on any atom is -0.347 e. The van der Waals surface area contributed by atoms with Gasteiger partial charge in [-0.1, -0.05) is 41.9 Å². The van der Waals surface area contributed by atoms with Gasteiger partial charge >= 0.3 is 11.8 Å². The highest BCUT2D eigenvalue weighted by atomic mass is 35.5. The zero-order valence-electron chi connectivity index (χ0n) is 17.0. The van der Waals surface area contributed by atoms with Crippen molar-refractivity contribution >= 4 is 45.4 Å². The molecule has 31 heavy (non-hydrogen) atoms. The first-order chi connectivity index (χ1) is 14.9. The molecule has 0 unspecified atom stereocenters. The van der Waals surface area contributed by atoms with Crippen molar-refractivity contribution in [2.75, 3.05) is 11.9 Å². The maximum atomic E-state index is 12.2. The van der Waals surface area contributed by atoms with Crippen LogP contribution in [-0.4, -0.2) is 33.0 Å². The van der Waals surface area contributed by atoms with Gasteiger partial charge in [-0.25, -0.2) is 4.52 Å². The van der Waals surface area contributed by atoms with E-state index in [1.54, 1.807) is 29.6 Å². The second-order valence-corrected chi connectivity index (χ2v) is 8.29. The van der Waals surface area contributed by atoms with Crippen LogP contribution >= 0.6 is 22.9 Å². The van der Waals surface area contributed by atoms with Crippen molar-refractivity contribution in [3.8, 4) is 11.4 Å². The largest absolute Gasteiger partial charge is 0.347 e. The molecule has 0 bridgehead atoms. The molecule has 7 nitrogen and oxygen atoms in total. The number of rotatable bonds is 5. The highest BCUT2D eigenvalue weighted by Crippen LogP contribution is 2.24. The van der Waals surface area contributed by atoms with Gasteiger partial charge in [0.25, 0.3) is 0 Å². The molecule has 2 amide bonds. The fraction of sp³-hybridized carbons (Fsp3) is 0.182. The van der Waals surface area contributed by atoms with Gasteiger partial charge in [-0.15, -0.1) is 16.4 Å². The normalized spacial score (nSPS) is 10.9. The average Bonchev–Trinajstić information content (AvgIpc) is 3.33. The van der Waals surface area contributed by atoms with Crippen molar-refractivity contribution in [2.24, 2.45) is 0 Å². The van der Waals surface area contributed by atoms with Crippen LogP contribution in [0.3, 0.4) is 0 Å². The Morgan fingerprint density at radius 1 is 1.10 bits per heavy atom. The second kappa shape index (κ2) is 8.87. The minimum atomic E-state index is -0.733. The first-order valence-electron chi connectivity index (χ1n) is 9.67. The van der Waals surface area contributed by atoms with Crippen LogP contribution in [-0.2, 0) is 16.0 Å². The third kappa shape index (κ3) is 4.45. The van der Waals surface area contributed by atoms with Crippen LogP contribution in [0.2, 0.25) is 5.02 Å². The molecule has 0 aliphatic carbocycles. The van der Waals surface area contributed by atoms with Crippen LogP contribution in [0, 0.1) is 13.8 Å². The summed E-state index contributed by atoms with van der Waals surface area (Å²) in [4.78, 5) is 29.7. The fourth-order valence-corrected chi connectivity index (χ4v) is 4.17. The molecule has 0 aliphatic rings. The van der Waals surface area contributed by atoms with Crippen LogP contribution in [0.4, 0.5) is 5.69 Å². The van der Waals surface area contributed by atoms with Crippen LogP contribution in [0.5, 0.6) is 0 Å². The van der Waals surface area contributed by atoms with Crippen LogP contribution in [0.25, 0.3) is 16.3 Å². The lowest BCUT2D eigenvalue weighted by molar-refractivity contribution is -0.136. The van der Waals surface area contributed by atoms with Crippen LogP contribution < -0.4 is 10.6 Å². The van der Waals surface area contributed by atoms with E-state index < -0.39 is 11.8 Å². The highest BCUT2D eigenvalue weighted by molar-refractivity contribution is 7.15. The van der Waals surface area contributed by atoms with E-state index in [1.807, 2.05) is 36.6 Å². The molecule has 4 aromatic rings. The van der Waals surface area contributed by atoms with E-state index in [4.69, 9.17) is 11.6 Å². The Morgan fingerprint density at radius 2 is 1.90 bits per heavy atom. The predicted molar refractivity (Wildman–Crippen MR) is 123 cm³/mol. The molecular formula is C22H20ClN5O2S. The third-order valence-corrected chi connectivity index (χ3v) is 6.20. The number of benzene rings is 2. The average molecular weight is 454 g/mol. The van der Waals surface area contributed by atoms with Gasteiger partial charge in [-0.2, -0.15) is 4.98 Å². The maximum absolute atomic E-state index is 12.2. The van der Waals surface area contributed by atoms with Gasteiger partial charge in [0, 0.05) is 34.6 Å². The smallest absolute Gasteiger partial charge is 0.313 e. The number of nitrogens with zero attached hydrogens (tertiary/aromatic N) is 3.